The smallest absolute Gasteiger partial charge is 0.338 e. The third-order valence-corrected chi connectivity index (χ3v) is 1.99. The quantitative estimate of drug-likeness (QED) is 0.856. The van der Waals surface area contributed by atoms with Crippen LogP contribution in [0.1, 0.15) is 24.1 Å². The Morgan fingerprint density at radius 3 is 2.11 bits per heavy atom. The lowest BCUT2D eigenvalue weighted by molar-refractivity contribution is -0.259. The molecule has 1 aromatic rings. The standard InChI is InChI=1S/C8H9F6N3O/c9-7(10,11)5(8(12,13)14)6-16-4(17-18-6)2-1-3-15/h5H,1-3,15H2. The van der Waals surface area contributed by atoms with Gasteiger partial charge in [-0.3, -0.25) is 0 Å². The van der Waals surface area contributed by atoms with E-state index in [0.717, 1.165) is 0 Å². The van der Waals surface area contributed by atoms with E-state index in [0.29, 0.717) is 6.42 Å². The first-order chi connectivity index (χ1) is 8.16. The molecule has 18 heavy (non-hydrogen) atoms. The Hall–Kier alpha value is -1.32. The van der Waals surface area contributed by atoms with Crippen LogP contribution in [0.2, 0.25) is 0 Å². The SMILES string of the molecule is NCCCc1noc(C(C(F)(F)F)C(F)(F)F)n1. The number of aromatic nitrogens is 2. The van der Waals surface area contributed by atoms with Gasteiger partial charge in [0.1, 0.15) is 0 Å². The third-order valence-electron chi connectivity index (χ3n) is 1.99. The van der Waals surface area contributed by atoms with Crippen LogP contribution in [0, 0.1) is 0 Å². The number of hydrogen-bond donors (Lipinski definition) is 1. The summed E-state index contributed by atoms with van der Waals surface area (Å²) in [6, 6.07) is 0. The van der Waals surface area contributed by atoms with Gasteiger partial charge in [-0.2, -0.15) is 31.3 Å². The van der Waals surface area contributed by atoms with Gasteiger partial charge in [-0.1, -0.05) is 5.16 Å². The first kappa shape index (κ1) is 14.7. The fourth-order valence-corrected chi connectivity index (χ4v) is 1.21. The van der Waals surface area contributed by atoms with Crippen LogP contribution in [-0.2, 0) is 6.42 Å². The van der Waals surface area contributed by atoms with E-state index in [1.165, 1.54) is 0 Å². The minimum Gasteiger partial charge on any atom is -0.338 e. The van der Waals surface area contributed by atoms with E-state index < -0.39 is 24.2 Å². The van der Waals surface area contributed by atoms with Crippen LogP contribution in [0.5, 0.6) is 0 Å². The van der Waals surface area contributed by atoms with Gasteiger partial charge in [0.25, 0.3) is 0 Å². The van der Waals surface area contributed by atoms with Crippen molar-refractivity contribution in [1.82, 2.24) is 10.1 Å². The van der Waals surface area contributed by atoms with Crippen LogP contribution in [0.15, 0.2) is 4.52 Å². The fourth-order valence-electron chi connectivity index (χ4n) is 1.21. The molecule has 0 fully saturated rings. The highest BCUT2D eigenvalue weighted by Gasteiger charge is 2.60. The molecule has 0 aliphatic rings. The fraction of sp³-hybridized carbons (Fsp3) is 0.750. The van der Waals surface area contributed by atoms with Gasteiger partial charge in [0, 0.05) is 6.42 Å². The van der Waals surface area contributed by atoms with E-state index >= 15 is 0 Å². The molecular weight excluding hydrogens is 268 g/mol. The van der Waals surface area contributed by atoms with Crippen molar-refractivity contribution in [2.75, 3.05) is 6.54 Å². The maximum absolute atomic E-state index is 12.3. The van der Waals surface area contributed by atoms with Crippen molar-refractivity contribution in [3.63, 3.8) is 0 Å². The molecule has 0 bridgehead atoms. The third kappa shape index (κ3) is 3.59. The van der Waals surface area contributed by atoms with Gasteiger partial charge in [-0.05, 0) is 13.0 Å². The Labute approximate surface area is 97.1 Å². The molecule has 0 atom stereocenters. The van der Waals surface area contributed by atoms with Crippen molar-refractivity contribution in [1.29, 1.82) is 0 Å². The molecule has 1 heterocycles. The predicted molar refractivity (Wildman–Crippen MR) is 46.5 cm³/mol. The number of halogens is 6. The topological polar surface area (TPSA) is 64.9 Å². The van der Waals surface area contributed by atoms with Crippen LogP contribution in [0.4, 0.5) is 26.3 Å². The Bertz CT molecular complexity index is 371. The summed E-state index contributed by atoms with van der Waals surface area (Å²) in [5, 5.41) is 3.06. The molecule has 1 rings (SSSR count). The summed E-state index contributed by atoms with van der Waals surface area (Å²) in [4.78, 5) is 3.11. The Kier molecular flexibility index (Phi) is 4.20. The minimum absolute atomic E-state index is 0.0580. The minimum atomic E-state index is -5.53. The summed E-state index contributed by atoms with van der Waals surface area (Å²) < 4.78 is 77.8. The predicted octanol–water partition coefficient (Wildman–Crippen LogP) is 2.17. The number of aryl methyl sites for hydroxylation is 1. The molecule has 0 aliphatic carbocycles. The zero-order chi connectivity index (χ0) is 14.0. The summed E-state index contributed by atoms with van der Waals surface area (Å²) in [6.07, 6.45) is -10.7. The van der Waals surface area contributed by atoms with Gasteiger partial charge >= 0.3 is 12.4 Å². The zero-order valence-corrected chi connectivity index (χ0v) is 8.85. The summed E-state index contributed by atoms with van der Waals surface area (Å²) in [6.45, 7) is 0.214. The van der Waals surface area contributed by atoms with Gasteiger partial charge in [-0.15, -0.1) is 0 Å². The number of nitrogens with two attached hydrogens (primary N) is 1. The van der Waals surface area contributed by atoms with Crippen molar-refractivity contribution in [3.8, 4) is 0 Å². The van der Waals surface area contributed by atoms with E-state index in [-0.39, 0.29) is 18.8 Å². The van der Waals surface area contributed by atoms with Crippen LogP contribution in [0.3, 0.4) is 0 Å². The molecule has 0 spiro atoms. The van der Waals surface area contributed by atoms with E-state index in [9.17, 15) is 26.3 Å². The number of nitrogens with zero attached hydrogens (tertiary/aromatic N) is 2. The monoisotopic (exact) mass is 277 g/mol. The van der Waals surface area contributed by atoms with Crippen molar-refractivity contribution in [2.24, 2.45) is 5.73 Å². The molecule has 1 aromatic heterocycles. The molecule has 0 saturated heterocycles. The molecule has 0 unspecified atom stereocenters. The lowest BCUT2D eigenvalue weighted by atomic mass is 10.1. The van der Waals surface area contributed by atoms with Gasteiger partial charge in [0.15, 0.2) is 5.82 Å². The summed E-state index contributed by atoms with van der Waals surface area (Å²) >= 11 is 0. The average Bonchev–Trinajstić information content (AvgIpc) is 2.58. The van der Waals surface area contributed by atoms with Crippen molar-refractivity contribution < 1.29 is 30.9 Å². The molecule has 2 N–H and O–H groups in total. The largest absolute Gasteiger partial charge is 0.409 e. The molecule has 0 amide bonds. The highest BCUT2D eigenvalue weighted by atomic mass is 19.4. The highest BCUT2D eigenvalue weighted by Crippen LogP contribution is 2.45. The summed E-state index contributed by atoms with van der Waals surface area (Å²) in [5.41, 5.74) is 5.14. The second-order valence-corrected chi connectivity index (χ2v) is 3.46. The molecule has 104 valence electrons. The van der Waals surface area contributed by atoms with Crippen molar-refractivity contribution in [2.45, 2.75) is 31.1 Å². The number of hydrogen-bond acceptors (Lipinski definition) is 4. The molecule has 0 aliphatic heterocycles. The molecular formula is C8H9F6N3O. The van der Waals surface area contributed by atoms with Crippen LogP contribution >= 0.6 is 0 Å². The number of rotatable bonds is 4. The van der Waals surface area contributed by atoms with E-state index in [4.69, 9.17) is 5.73 Å². The van der Waals surface area contributed by atoms with E-state index in [1.54, 1.807) is 0 Å². The molecule has 0 aromatic carbocycles. The first-order valence-electron chi connectivity index (χ1n) is 4.82. The zero-order valence-electron chi connectivity index (χ0n) is 8.85. The average molecular weight is 277 g/mol. The van der Waals surface area contributed by atoms with Gasteiger partial charge < -0.3 is 10.3 Å². The lowest BCUT2D eigenvalue weighted by Gasteiger charge is -2.18. The van der Waals surface area contributed by atoms with Gasteiger partial charge in [0.2, 0.25) is 11.8 Å². The van der Waals surface area contributed by atoms with Crippen molar-refractivity contribution in [3.05, 3.63) is 11.7 Å². The molecule has 0 saturated carbocycles. The Morgan fingerprint density at radius 1 is 1.11 bits per heavy atom. The summed E-state index contributed by atoms with van der Waals surface area (Å²) in [5.74, 6) is -5.49. The van der Waals surface area contributed by atoms with Crippen LogP contribution in [-0.4, -0.2) is 29.0 Å². The maximum Gasteiger partial charge on any atom is 0.409 e. The van der Waals surface area contributed by atoms with Gasteiger partial charge in [0.05, 0.1) is 0 Å². The maximum atomic E-state index is 12.3. The van der Waals surface area contributed by atoms with Crippen LogP contribution < -0.4 is 5.73 Å². The van der Waals surface area contributed by atoms with Gasteiger partial charge in [-0.25, -0.2) is 0 Å². The Balaban J connectivity index is 2.97. The van der Waals surface area contributed by atoms with E-state index in [2.05, 4.69) is 14.7 Å². The van der Waals surface area contributed by atoms with Crippen LogP contribution in [0.25, 0.3) is 0 Å². The molecule has 4 nitrogen and oxygen atoms in total. The number of alkyl halides is 6. The van der Waals surface area contributed by atoms with Crippen molar-refractivity contribution >= 4 is 0 Å². The molecule has 10 heteroatoms. The second kappa shape index (κ2) is 5.12. The Morgan fingerprint density at radius 2 is 1.67 bits per heavy atom. The second-order valence-electron chi connectivity index (χ2n) is 3.46. The highest BCUT2D eigenvalue weighted by molar-refractivity contribution is 5.01. The lowest BCUT2D eigenvalue weighted by Crippen LogP contribution is -2.34. The van der Waals surface area contributed by atoms with E-state index in [1.807, 2.05) is 0 Å². The first-order valence-corrected chi connectivity index (χ1v) is 4.82. The normalized spacial score (nSPS) is 13.3. The molecule has 0 radical (unpaired) electrons. The summed E-state index contributed by atoms with van der Waals surface area (Å²) in [7, 11) is 0.